The molecule has 0 saturated heterocycles. The number of rotatable bonds is 6. The Morgan fingerprint density at radius 2 is 2.50 bits per heavy atom. The van der Waals surface area contributed by atoms with Gasteiger partial charge in [-0.3, -0.25) is 9.48 Å². The maximum Gasteiger partial charge on any atom is 0.326 e. The van der Waals surface area contributed by atoms with Crippen LogP contribution < -0.4 is 11.1 Å². The van der Waals surface area contributed by atoms with E-state index in [4.69, 9.17) is 10.8 Å². The van der Waals surface area contributed by atoms with Crippen LogP contribution >= 0.6 is 11.3 Å². The molecule has 2 aromatic rings. The summed E-state index contributed by atoms with van der Waals surface area (Å²) in [5.41, 5.74) is 5.83. The number of carbonyl (C=O) groups is 1. The summed E-state index contributed by atoms with van der Waals surface area (Å²) in [5, 5.41) is 18.2. The Hall–Kier alpha value is -1.93. The zero-order valence-corrected chi connectivity index (χ0v) is 10.3. The molecule has 0 aliphatic heterocycles. The van der Waals surface area contributed by atoms with Crippen LogP contribution in [0.25, 0.3) is 0 Å². The van der Waals surface area contributed by atoms with Crippen LogP contribution in [-0.4, -0.2) is 32.4 Å². The Morgan fingerprint density at radius 3 is 3.17 bits per heavy atom. The lowest BCUT2D eigenvalue weighted by Crippen LogP contribution is -2.21. The zero-order chi connectivity index (χ0) is 13.0. The number of nitrogens with zero attached hydrogens (tertiary/aromatic N) is 3. The molecule has 18 heavy (non-hydrogen) atoms. The van der Waals surface area contributed by atoms with E-state index in [0.29, 0.717) is 23.9 Å². The second-order valence-corrected chi connectivity index (χ2v) is 4.45. The molecule has 96 valence electrons. The lowest BCUT2D eigenvalue weighted by molar-refractivity contribution is -0.138. The van der Waals surface area contributed by atoms with Crippen molar-refractivity contribution in [3.8, 4) is 0 Å². The van der Waals surface area contributed by atoms with E-state index in [9.17, 15) is 4.79 Å². The van der Waals surface area contributed by atoms with E-state index in [0.717, 1.165) is 0 Å². The fraction of sp³-hybridized carbons (Fsp3) is 0.300. The first-order valence-corrected chi connectivity index (χ1v) is 6.20. The monoisotopic (exact) mass is 267 g/mol. The second kappa shape index (κ2) is 5.61. The molecule has 0 spiro atoms. The molecular formula is C10H13N5O2S. The highest BCUT2D eigenvalue weighted by atomic mass is 32.1. The third-order valence-electron chi connectivity index (χ3n) is 2.28. The highest BCUT2D eigenvalue weighted by molar-refractivity contribution is 7.13. The summed E-state index contributed by atoms with van der Waals surface area (Å²) in [5.74, 6) is -1.08. The van der Waals surface area contributed by atoms with E-state index in [1.165, 1.54) is 11.3 Å². The molecule has 0 aliphatic rings. The number of hydrogen-bond donors (Lipinski definition) is 3. The van der Waals surface area contributed by atoms with Crippen LogP contribution in [0, 0.1) is 0 Å². The normalized spacial score (nSPS) is 12.3. The van der Waals surface area contributed by atoms with Gasteiger partial charge in [0.25, 0.3) is 0 Å². The van der Waals surface area contributed by atoms with Gasteiger partial charge >= 0.3 is 5.97 Å². The number of anilines is 1. The summed E-state index contributed by atoms with van der Waals surface area (Å²) in [7, 11) is 0. The van der Waals surface area contributed by atoms with Crippen molar-refractivity contribution >= 4 is 22.4 Å². The number of nitrogens with one attached hydrogen (secondary N) is 1. The standard InChI is InChI=1S/C10H13N5O2S/c11-8(9(16)17)7-6-18-10(14-7)12-3-5-15-4-1-2-13-15/h1-2,4,6,8H,3,5,11H2,(H,12,14)(H,16,17). The fourth-order valence-electron chi connectivity index (χ4n) is 1.35. The van der Waals surface area contributed by atoms with Crippen LogP contribution in [0.3, 0.4) is 0 Å². The molecular weight excluding hydrogens is 254 g/mol. The van der Waals surface area contributed by atoms with Crippen molar-refractivity contribution in [2.75, 3.05) is 11.9 Å². The van der Waals surface area contributed by atoms with Gasteiger partial charge in [-0.25, -0.2) is 4.98 Å². The molecule has 4 N–H and O–H groups in total. The molecule has 0 aliphatic carbocycles. The van der Waals surface area contributed by atoms with Crippen LogP contribution in [0.15, 0.2) is 23.8 Å². The van der Waals surface area contributed by atoms with Crippen LogP contribution in [0.5, 0.6) is 0 Å². The van der Waals surface area contributed by atoms with Crippen LogP contribution in [-0.2, 0) is 11.3 Å². The van der Waals surface area contributed by atoms with E-state index in [-0.39, 0.29) is 0 Å². The molecule has 1 unspecified atom stereocenters. The Kier molecular flexibility index (Phi) is 3.90. The van der Waals surface area contributed by atoms with E-state index in [1.54, 1.807) is 16.3 Å². The molecule has 0 bridgehead atoms. The van der Waals surface area contributed by atoms with Gasteiger partial charge in [-0.1, -0.05) is 0 Å². The van der Waals surface area contributed by atoms with Crippen LogP contribution in [0.4, 0.5) is 5.13 Å². The van der Waals surface area contributed by atoms with Gasteiger partial charge in [0.2, 0.25) is 0 Å². The number of aliphatic carboxylic acids is 1. The summed E-state index contributed by atoms with van der Waals surface area (Å²) in [6, 6.07) is 0.788. The SMILES string of the molecule is NC(C(=O)O)c1csc(NCCn2cccn2)n1. The number of carboxylic acids is 1. The van der Waals surface area contributed by atoms with Crippen molar-refractivity contribution in [2.45, 2.75) is 12.6 Å². The van der Waals surface area contributed by atoms with Crippen molar-refractivity contribution in [3.63, 3.8) is 0 Å². The minimum atomic E-state index is -1.08. The molecule has 0 amide bonds. The van der Waals surface area contributed by atoms with Crippen molar-refractivity contribution in [2.24, 2.45) is 5.73 Å². The Balaban J connectivity index is 1.85. The third kappa shape index (κ3) is 3.05. The summed E-state index contributed by atoms with van der Waals surface area (Å²) in [6.45, 7) is 1.38. The number of nitrogens with two attached hydrogens (primary N) is 1. The van der Waals surface area contributed by atoms with Gasteiger partial charge in [-0.15, -0.1) is 11.3 Å². The predicted octanol–water partition coefficient (Wildman–Crippen LogP) is 0.536. The Bertz CT molecular complexity index is 510. The number of thiazole rings is 1. The highest BCUT2D eigenvalue weighted by Gasteiger charge is 2.17. The second-order valence-electron chi connectivity index (χ2n) is 3.59. The summed E-state index contributed by atoms with van der Waals surface area (Å²) in [4.78, 5) is 14.8. The number of carboxylic acid groups (broad SMARTS) is 1. The lowest BCUT2D eigenvalue weighted by Gasteiger charge is -2.03. The molecule has 2 heterocycles. The van der Waals surface area contributed by atoms with E-state index in [2.05, 4.69) is 15.4 Å². The molecule has 2 rings (SSSR count). The van der Waals surface area contributed by atoms with E-state index >= 15 is 0 Å². The summed E-state index contributed by atoms with van der Waals surface area (Å²) < 4.78 is 1.80. The maximum absolute atomic E-state index is 10.7. The topological polar surface area (TPSA) is 106 Å². The van der Waals surface area contributed by atoms with Crippen LogP contribution in [0.2, 0.25) is 0 Å². The molecule has 2 aromatic heterocycles. The van der Waals surface area contributed by atoms with E-state index in [1.807, 2.05) is 12.3 Å². The van der Waals surface area contributed by atoms with Crippen molar-refractivity contribution in [1.29, 1.82) is 0 Å². The molecule has 8 heteroatoms. The third-order valence-corrected chi connectivity index (χ3v) is 3.10. The largest absolute Gasteiger partial charge is 0.480 e. The average Bonchev–Trinajstić information content (AvgIpc) is 2.99. The smallest absolute Gasteiger partial charge is 0.326 e. The molecule has 0 aromatic carbocycles. The lowest BCUT2D eigenvalue weighted by atomic mass is 10.2. The summed E-state index contributed by atoms with van der Waals surface area (Å²) >= 11 is 1.34. The molecule has 1 atom stereocenters. The average molecular weight is 267 g/mol. The molecule has 0 fully saturated rings. The predicted molar refractivity (Wildman–Crippen MR) is 67.4 cm³/mol. The zero-order valence-electron chi connectivity index (χ0n) is 9.48. The van der Waals surface area contributed by atoms with Crippen molar-refractivity contribution < 1.29 is 9.90 Å². The van der Waals surface area contributed by atoms with Crippen LogP contribution in [0.1, 0.15) is 11.7 Å². The first kappa shape index (κ1) is 12.5. The molecule has 7 nitrogen and oxygen atoms in total. The number of hydrogen-bond acceptors (Lipinski definition) is 6. The van der Waals surface area contributed by atoms with Crippen molar-refractivity contribution in [3.05, 3.63) is 29.5 Å². The van der Waals surface area contributed by atoms with Gasteiger partial charge in [-0.05, 0) is 6.07 Å². The Labute approximate surface area is 107 Å². The first-order valence-electron chi connectivity index (χ1n) is 5.32. The minimum absolute atomic E-state index is 0.370. The van der Waals surface area contributed by atoms with Gasteiger partial charge in [0.05, 0.1) is 12.2 Å². The minimum Gasteiger partial charge on any atom is -0.480 e. The fourth-order valence-corrected chi connectivity index (χ4v) is 2.12. The van der Waals surface area contributed by atoms with Gasteiger partial charge < -0.3 is 16.2 Å². The van der Waals surface area contributed by atoms with Gasteiger partial charge in [0, 0.05) is 24.3 Å². The number of aromatic nitrogens is 3. The van der Waals surface area contributed by atoms with Crippen molar-refractivity contribution in [1.82, 2.24) is 14.8 Å². The molecule has 0 saturated carbocycles. The van der Waals surface area contributed by atoms with Gasteiger partial charge in [-0.2, -0.15) is 5.10 Å². The highest BCUT2D eigenvalue weighted by Crippen LogP contribution is 2.19. The first-order chi connectivity index (χ1) is 8.66. The Morgan fingerprint density at radius 1 is 1.67 bits per heavy atom. The summed E-state index contributed by atoms with van der Waals surface area (Å²) in [6.07, 6.45) is 3.59. The van der Waals surface area contributed by atoms with Gasteiger partial charge in [0.1, 0.15) is 6.04 Å². The quantitative estimate of drug-likeness (QED) is 0.705. The van der Waals surface area contributed by atoms with E-state index < -0.39 is 12.0 Å². The molecule has 0 radical (unpaired) electrons. The maximum atomic E-state index is 10.7. The van der Waals surface area contributed by atoms with Gasteiger partial charge in [0.15, 0.2) is 5.13 Å².